The van der Waals surface area contributed by atoms with Gasteiger partial charge in [0.05, 0.1) is 34.1 Å². The summed E-state index contributed by atoms with van der Waals surface area (Å²) in [5, 5.41) is 52.6. The quantitative estimate of drug-likeness (QED) is 0.0474. The lowest BCUT2D eigenvalue weighted by atomic mass is 10.1. The number of hydrogen-bond acceptors (Lipinski definition) is 10. The molecule has 0 fully saturated rings. The Morgan fingerprint density at radius 1 is 0.571 bits per heavy atom. The van der Waals surface area contributed by atoms with Gasteiger partial charge in [0.15, 0.2) is 11.2 Å². The average molecular weight is 795 g/mol. The molecule has 56 heavy (non-hydrogen) atoms. The zero-order valence-corrected chi connectivity index (χ0v) is 30.0. The molecular weight excluding hydrogens is 758 g/mol. The van der Waals surface area contributed by atoms with Gasteiger partial charge in [-0.1, -0.05) is 0 Å². The van der Waals surface area contributed by atoms with Crippen LogP contribution in [0.25, 0.3) is 0 Å². The number of nitro groups is 2. The molecular formula is C36H36F6N6O8. The highest BCUT2D eigenvalue weighted by molar-refractivity contribution is 5.98. The predicted molar refractivity (Wildman–Crippen MR) is 194 cm³/mol. The summed E-state index contributed by atoms with van der Waals surface area (Å²) in [6.45, 7) is 4.96. The van der Waals surface area contributed by atoms with Gasteiger partial charge in [0.2, 0.25) is 0 Å². The van der Waals surface area contributed by atoms with Gasteiger partial charge in [-0.2, -0.15) is 26.3 Å². The first-order chi connectivity index (χ1) is 25.8. The van der Waals surface area contributed by atoms with Crippen molar-refractivity contribution in [2.45, 2.75) is 51.2 Å². The van der Waals surface area contributed by atoms with Gasteiger partial charge in [0.25, 0.3) is 23.2 Å². The van der Waals surface area contributed by atoms with E-state index >= 15 is 0 Å². The molecule has 0 aromatic heterocycles. The van der Waals surface area contributed by atoms with E-state index in [1.54, 1.807) is 0 Å². The number of nitrogens with one attached hydrogen (secondary N) is 4. The van der Waals surface area contributed by atoms with Crippen LogP contribution in [0, 0.1) is 34.1 Å². The molecule has 0 aliphatic heterocycles. The van der Waals surface area contributed by atoms with E-state index in [-0.39, 0.29) is 35.8 Å². The highest BCUT2D eigenvalue weighted by atomic mass is 19.4. The van der Waals surface area contributed by atoms with Crippen molar-refractivity contribution in [2.24, 2.45) is 0 Å². The summed E-state index contributed by atoms with van der Waals surface area (Å²) in [6.07, 6.45) is -8.90. The molecule has 0 heterocycles. The molecule has 6 N–H and O–H groups in total. The Morgan fingerprint density at radius 3 is 1.11 bits per heavy atom. The molecule has 14 nitrogen and oxygen atoms in total. The molecule has 0 spiro atoms. The van der Waals surface area contributed by atoms with Crippen LogP contribution in [0.3, 0.4) is 0 Å². The number of hydrogen-bond donors (Lipinski definition) is 6. The molecule has 0 aliphatic rings. The van der Waals surface area contributed by atoms with E-state index < -0.39 is 56.3 Å². The van der Waals surface area contributed by atoms with Gasteiger partial charge in [-0.25, -0.2) is 0 Å². The third kappa shape index (κ3) is 12.4. The smallest absolute Gasteiger partial charge is 0.382 e. The number of benzene rings is 4. The Hall–Kier alpha value is -6.28. The van der Waals surface area contributed by atoms with Crippen molar-refractivity contribution in [2.75, 3.05) is 34.4 Å². The van der Waals surface area contributed by atoms with Crippen molar-refractivity contribution in [1.29, 1.82) is 0 Å². The number of nitrogens with zero attached hydrogens (tertiary/aromatic N) is 2. The molecule has 2 amide bonds. The zero-order valence-electron chi connectivity index (χ0n) is 30.0. The van der Waals surface area contributed by atoms with Crippen molar-refractivity contribution in [3.8, 4) is 0 Å². The summed E-state index contributed by atoms with van der Waals surface area (Å²) in [7, 11) is 0. The highest BCUT2D eigenvalue weighted by Crippen LogP contribution is 2.31. The number of halogens is 6. The second kappa shape index (κ2) is 17.5. The number of carbonyl (C=O) groups excluding carboxylic acids is 2. The van der Waals surface area contributed by atoms with Crippen molar-refractivity contribution in [3.63, 3.8) is 0 Å². The lowest BCUT2D eigenvalue weighted by Crippen LogP contribution is -2.45. The molecule has 0 radical (unpaired) electrons. The van der Waals surface area contributed by atoms with E-state index in [9.17, 15) is 66.4 Å². The van der Waals surface area contributed by atoms with Gasteiger partial charge in [0.1, 0.15) is 0 Å². The highest BCUT2D eigenvalue weighted by Gasteiger charge is 2.33. The van der Waals surface area contributed by atoms with E-state index in [0.717, 1.165) is 24.3 Å². The number of nitro benzene ring substituents is 2. The van der Waals surface area contributed by atoms with Crippen LogP contribution in [-0.2, 0) is 21.9 Å². The van der Waals surface area contributed by atoms with Crippen LogP contribution in [0.4, 0.5) is 60.5 Å². The monoisotopic (exact) mass is 794 g/mol. The normalized spacial score (nSPS) is 13.5. The first kappa shape index (κ1) is 44.1. The van der Waals surface area contributed by atoms with E-state index in [4.69, 9.17) is 0 Å². The number of amides is 2. The molecule has 20 heteroatoms. The van der Waals surface area contributed by atoms with Crippen molar-refractivity contribution >= 4 is 45.9 Å². The largest absolute Gasteiger partial charge is 0.416 e. The van der Waals surface area contributed by atoms with Crippen LogP contribution in [0.5, 0.6) is 0 Å². The average Bonchev–Trinajstić information content (AvgIpc) is 3.09. The van der Waals surface area contributed by atoms with Gasteiger partial charge in [-0.3, -0.25) is 29.8 Å². The number of carbonyl (C=O) groups is 2. The summed E-state index contributed by atoms with van der Waals surface area (Å²) >= 11 is 0. The Balaban J connectivity index is 0.000000300. The summed E-state index contributed by atoms with van der Waals surface area (Å²) in [4.78, 5) is 45.1. The van der Waals surface area contributed by atoms with E-state index in [1.807, 2.05) is 0 Å². The van der Waals surface area contributed by atoms with Crippen LogP contribution in [-0.4, -0.2) is 56.2 Å². The molecule has 0 saturated carbocycles. The van der Waals surface area contributed by atoms with Gasteiger partial charge in [-0.15, -0.1) is 0 Å². The summed E-state index contributed by atoms with van der Waals surface area (Å²) in [6, 6.07) is 16.2. The maximum absolute atomic E-state index is 12.6. The van der Waals surface area contributed by atoms with Crippen LogP contribution in [0.2, 0.25) is 0 Å². The first-order valence-electron chi connectivity index (χ1n) is 16.2. The molecule has 2 unspecified atom stereocenters. The van der Waals surface area contributed by atoms with Crippen LogP contribution >= 0.6 is 0 Å². The van der Waals surface area contributed by atoms with Crippen LogP contribution in [0.1, 0.15) is 36.1 Å². The fourth-order valence-corrected chi connectivity index (χ4v) is 4.67. The molecule has 0 saturated heterocycles. The Bertz CT molecular complexity index is 1910. The summed E-state index contributed by atoms with van der Waals surface area (Å²) in [5.41, 5.74) is -3.80. The molecule has 300 valence electrons. The number of anilines is 4. The molecule has 4 aromatic rings. The minimum absolute atomic E-state index is 0.103. The topological polar surface area (TPSA) is 209 Å². The SMILES string of the molecule is Cc1cc(NC(=O)C(C)(O)CNc2ccc(C(F)(F)F)cc2)ccc1[N+](=O)[O-].Cc1cc(NC(=O)C(C)(O)CNc2ccc(C(F)(F)F)cc2)ccc1[N+](=O)[O-]. The van der Waals surface area contributed by atoms with E-state index in [2.05, 4.69) is 21.3 Å². The van der Waals surface area contributed by atoms with Crippen molar-refractivity contribution in [3.05, 3.63) is 127 Å². The molecule has 4 rings (SSSR count). The van der Waals surface area contributed by atoms with Gasteiger partial charge >= 0.3 is 12.4 Å². The fourth-order valence-electron chi connectivity index (χ4n) is 4.67. The molecule has 2 atom stereocenters. The summed E-state index contributed by atoms with van der Waals surface area (Å²) < 4.78 is 75.3. The van der Waals surface area contributed by atoms with Crippen LogP contribution in [0.15, 0.2) is 84.9 Å². The predicted octanol–water partition coefficient (Wildman–Crippen LogP) is 7.45. The number of rotatable bonds is 12. The second-order valence-electron chi connectivity index (χ2n) is 12.8. The van der Waals surface area contributed by atoms with Crippen LogP contribution < -0.4 is 21.3 Å². The fraction of sp³-hybridized carbons (Fsp3) is 0.278. The van der Waals surface area contributed by atoms with Gasteiger partial charge in [-0.05, 0) is 100 Å². The van der Waals surface area contributed by atoms with Gasteiger partial charge < -0.3 is 31.5 Å². The first-order valence-corrected chi connectivity index (χ1v) is 16.2. The minimum atomic E-state index is -4.45. The lowest BCUT2D eigenvalue weighted by Gasteiger charge is -2.23. The maximum Gasteiger partial charge on any atom is 0.416 e. The number of alkyl halides is 6. The minimum Gasteiger partial charge on any atom is -0.382 e. The number of aliphatic hydroxyl groups is 2. The second-order valence-corrected chi connectivity index (χ2v) is 12.8. The molecule has 0 aliphatic carbocycles. The molecule has 4 aromatic carbocycles. The van der Waals surface area contributed by atoms with Crippen molar-refractivity contribution < 1.29 is 56.0 Å². The van der Waals surface area contributed by atoms with E-state index in [0.29, 0.717) is 22.5 Å². The molecule has 0 bridgehead atoms. The number of aryl methyl sites for hydroxylation is 2. The maximum atomic E-state index is 12.6. The Kier molecular flexibility index (Phi) is 13.8. The third-order valence-electron chi connectivity index (χ3n) is 7.98. The standard InChI is InChI=1S/2C18H18F3N3O4/c2*1-11-9-14(7-8-15(11)24(27)28)23-16(25)17(2,26)10-22-13-5-3-12(4-6-13)18(19,20)21/h2*3-9,22,26H,10H2,1-2H3,(H,23,25). The third-order valence-corrected chi connectivity index (χ3v) is 7.98. The van der Waals surface area contributed by atoms with Crippen molar-refractivity contribution in [1.82, 2.24) is 0 Å². The Labute approximate surface area is 314 Å². The van der Waals surface area contributed by atoms with E-state index in [1.165, 1.54) is 88.4 Å². The van der Waals surface area contributed by atoms with Gasteiger partial charge in [0, 0.05) is 46.0 Å². The zero-order chi connectivity index (χ0) is 42.2. The lowest BCUT2D eigenvalue weighted by molar-refractivity contribution is -0.385. The Morgan fingerprint density at radius 2 is 0.857 bits per heavy atom. The summed E-state index contributed by atoms with van der Waals surface area (Å²) in [5.74, 6) is -1.56.